The molecule has 3 heterocycles. The number of thiophene rings is 1. The summed E-state index contributed by atoms with van der Waals surface area (Å²) < 4.78 is 27.6. The second-order valence-corrected chi connectivity index (χ2v) is 11.3. The molecule has 0 spiro atoms. The highest BCUT2D eigenvalue weighted by Gasteiger charge is 2.40. The first-order valence-corrected chi connectivity index (χ1v) is 12.5. The standard InChI is InChI=1S/C19H18ClN3O3S3/c20-16-8-9-17(28-16)29(25,26)23-10-4-7-15(23)18(24)21-11-14-12-27-19(22-14)13-5-2-1-3-6-13/h1-3,5-6,8-9,12,15H,4,7,10-11H2,(H,21,24). The van der Waals surface area contributed by atoms with Crippen LogP contribution in [0.4, 0.5) is 0 Å². The van der Waals surface area contributed by atoms with E-state index in [4.69, 9.17) is 11.6 Å². The summed E-state index contributed by atoms with van der Waals surface area (Å²) in [7, 11) is -3.73. The molecule has 0 aliphatic carbocycles. The first kappa shape index (κ1) is 20.5. The van der Waals surface area contributed by atoms with Gasteiger partial charge in [0.15, 0.2) is 0 Å². The molecule has 1 aliphatic rings. The van der Waals surface area contributed by atoms with Gasteiger partial charge in [0.25, 0.3) is 10.0 Å². The monoisotopic (exact) mass is 467 g/mol. The summed E-state index contributed by atoms with van der Waals surface area (Å²) >= 11 is 8.40. The van der Waals surface area contributed by atoms with E-state index in [9.17, 15) is 13.2 Å². The topological polar surface area (TPSA) is 79.4 Å². The van der Waals surface area contributed by atoms with E-state index >= 15 is 0 Å². The van der Waals surface area contributed by atoms with E-state index in [0.717, 1.165) is 27.6 Å². The van der Waals surface area contributed by atoms with Crippen molar-refractivity contribution in [3.05, 3.63) is 57.9 Å². The molecule has 1 saturated heterocycles. The lowest BCUT2D eigenvalue weighted by Gasteiger charge is -2.22. The third kappa shape index (κ3) is 4.39. The SMILES string of the molecule is O=C(NCc1csc(-c2ccccc2)n1)C1CCCN1S(=O)(=O)c1ccc(Cl)s1. The first-order chi connectivity index (χ1) is 13.9. The molecule has 0 radical (unpaired) electrons. The van der Waals surface area contributed by atoms with Crippen LogP contribution in [0, 0.1) is 0 Å². The fourth-order valence-corrected chi connectivity index (χ4v) is 7.33. The number of halogens is 1. The second-order valence-electron chi connectivity index (χ2n) is 6.56. The van der Waals surface area contributed by atoms with Gasteiger partial charge in [0.2, 0.25) is 5.91 Å². The van der Waals surface area contributed by atoms with Gasteiger partial charge < -0.3 is 5.32 Å². The number of amides is 1. The van der Waals surface area contributed by atoms with Gasteiger partial charge in [-0.3, -0.25) is 4.79 Å². The van der Waals surface area contributed by atoms with Crippen molar-refractivity contribution < 1.29 is 13.2 Å². The van der Waals surface area contributed by atoms with Crippen LogP contribution in [0.2, 0.25) is 4.34 Å². The molecule has 1 N–H and O–H groups in total. The van der Waals surface area contributed by atoms with E-state index in [1.807, 2.05) is 35.7 Å². The van der Waals surface area contributed by atoms with Crippen molar-refractivity contribution in [1.29, 1.82) is 0 Å². The zero-order valence-corrected chi connectivity index (χ0v) is 18.5. The maximum atomic E-state index is 12.9. The quantitative estimate of drug-likeness (QED) is 0.594. The van der Waals surface area contributed by atoms with Gasteiger partial charge in [0.1, 0.15) is 15.3 Å². The van der Waals surface area contributed by atoms with E-state index in [2.05, 4.69) is 10.3 Å². The summed E-state index contributed by atoms with van der Waals surface area (Å²) in [6.07, 6.45) is 1.14. The number of hydrogen-bond donors (Lipinski definition) is 1. The van der Waals surface area contributed by atoms with E-state index in [1.165, 1.54) is 21.7 Å². The highest BCUT2D eigenvalue weighted by Crippen LogP contribution is 2.32. The zero-order chi connectivity index (χ0) is 20.4. The van der Waals surface area contributed by atoms with Crippen molar-refractivity contribution in [2.45, 2.75) is 29.6 Å². The molecule has 0 saturated carbocycles. The number of benzene rings is 1. The van der Waals surface area contributed by atoms with Crippen LogP contribution in [-0.2, 0) is 21.4 Å². The Morgan fingerprint density at radius 3 is 2.76 bits per heavy atom. The first-order valence-electron chi connectivity index (χ1n) is 9.00. The molecular formula is C19H18ClN3O3S3. The van der Waals surface area contributed by atoms with Crippen LogP contribution >= 0.6 is 34.3 Å². The number of aromatic nitrogens is 1. The Morgan fingerprint density at radius 1 is 1.24 bits per heavy atom. The average Bonchev–Trinajstić information content (AvgIpc) is 3.47. The van der Waals surface area contributed by atoms with Gasteiger partial charge in [-0.15, -0.1) is 22.7 Å². The summed E-state index contributed by atoms with van der Waals surface area (Å²) in [5.41, 5.74) is 1.78. The number of nitrogens with zero attached hydrogens (tertiary/aromatic N) is 2. The minimum atomic E-state index is -3.73. The third-order valence-corrected chi connectivity index (χ3v) is 9.18. The van der Waals surface area contributed by atoms with Gasteiger partial charge in [0, 0.05) is 17.5 Å². The van der Waals surface area contributed by atoms with Gasteiger partial charge >= 0.3 is 0 Å². The van der Waals surface area contributed by atoms with Gasteiger partial charge in [-0.1, -0.05) is 41.9 Å². The van der Waals surface area contributed by atoms with Crippen LogP contribution in [-0.4, -0.2) is 36.2 Å². The summed E-state index contributed by atoms with van der Waals surface area (Å²) in [6.45, 7) is 0.585. The second kappa shape index (κ2) is 8.53. The summed E-state index contributed by atoms with van der Waals surface area (Å²) in [5.74, 6) is -0.303. The van der Waals surface area contributed by atoms with Gasteiger partial charge in [0.05, 0.1) is 16.6 Å². The Bertz CT molecular complexity index is 1110. The number of thiazole rings is 1. The molecule has 4 rings (SSSR count). The fraction of sp³-hybridized carbons (Fsp3) is 0.263. The zero-order valence-electron chi connectivity index (χ0n) is 15.2. The fourth-order valence-electron chi connectivity index (χ4n) is 3.24. The molecule has 3 aromatic rings. The Hall–Kier alpha value is -1.78. The highest BCUT2D eigenvalue weighted by molar-refractivity contribution is 7.91. The molecule has 152 valence electrons. The molecule has 1 aliphatic heterocycles. The van der Waals surface area contributed by atoms with E-state index in [-0.39, 0.29) is 16.7 Å². The molecule has 1 amide bonds. The van der Waals surface area contributed by atoms with E-state index < -0.39 is 16.1 Å². The predicted octanol–water partition coefficient (Wildman–Crippen LogP) is 3.99. The molecule has 6 nitrogen and oxygen atoms in total. The molecular weight excluding hydrogens is 450 g/mol. The van der Waals surface area contributed by atoms with Gasteiger partial charge in [-0.25, -0.2) is 13.4 Å². The van der Waals surface area contributed by atoms with Crippen LogP contribution in [0.3, 0.4) is 0 Å². The van der Waals surface area contributed by atoms with E-state index in [0.29, 0.717) is 23.7 Å². The Kier molecular flexibility index (Phi) is 6.03. The maximum Gasteiger partial charge on any atom is 0.253 e. The van der Waals surface area contributed by atoms with Crippen LogP contribution in [0.1, 0.15) is 18.5 Å². The smallest absolute Gasteiger partial charge is 0.253 e. The normalized spacial score (nSPS) is 17.5. The lowest BCUT2D eigenvalue weighted by Crippen LogP contribution is -2.45. The van der Waals surface area contributed by atoms with Crippen LogP contribution in [0.5, 0.6) is 0 Å². The maximum absolute atomic E-state index is 12.9. The van der Waals surface area contributed by atoms with E-state index in [1.54, 1.807) is 6.07 Å². The molecule has 1 unspecified atom stereocenters. The van der Waals surface area contributed by atoms with Gasteiger partial charge in [-0.05, 0) is 25.0 Å². The Balaban J connectivity index is 1.42. The van der Waals surface area contributed by atoms with Crippen molar-refractivity contribution in [3.63, 3.8) is 0 Å². The summed E-state index contributed by atoms with van der Waals surface area (Å²) in [6, 6.07) is 12.1. The molecule has 2 aromatic heterocycles. The Labute approximate surface area is 182 Å². The number of rotatable bonds is 6. The van der Waals surface area contributed by atoms with Crippen molar-refractivity contribution in [2.24, 2.45) is 0 Å². The molecule has 1 aromatic carbocycles. The number of hydrogen-bond acceptors (Lipinski definition) is 6. The van der Waals surface area contributed by atoms with Gasteiger partial charge in [-0.2, -0.15) is 4.31 Å². The van der Waals surface area contributed by atoms with Crippen molar-refractivity contribution in [1.82, 2.24) is 14.6 Å². The molecule has 0 bridgehead atoms. The van der Waals surface area contributed by atoms with Crippen LogP contribution in [0.15, 0.2) is 52.1 Å². The van der Waals surface area contributed by atoms with Crippen LogP contribution in [0.25, 0.3) is 10.6 Å². The van der Waals surface area contributed by atoms with Crippen LogP contribution < -0.4 is 5.32 Å². The average molecular weight is 468 g/mol. The van der Waals surface area contributed by atoms with Crippen molar-refractivity contribution >= 4 is 50.2 Å². The molecule has 10 heteroatoms. The molecule has 29 heavy (non-hydrogen) atoms. The number of carbonyl (C=O) groups is 1. The summed E-state index contributed by atoms with van der Waals surface area (Å²) in [5, 5.41) is 5.63. The number of sulfonamides is 1. The number of nitrogens with one attached hydrogen (secondary N) is 1. The summed E-state index contributed by atoms with van der Waals surface area (Å²) in [4.78, 5) is 17.3. The molecule has 1 fully saturated rings. The number of carbonyl (C=O) groups excluding carboxylic acids is 1. The minimum absolute atomic E-state index is 0.161. The highest BCUT2D eigenvalue weighted by atomic mass is 35.5. The largest absolute Gasteiger partial charge is 0.349 e. The van der Waals surface area contributed by atoms with Crippen molar-refractivity contribution in [3.8, 4) is 10.6 Å². The lowest BCUT2D eigenvalue weighted by atomic mass is 10.2. The van der Waals surface area contributed by atoms with Crippen molar-refractivity contribution in [2.75, 3.05) is 6.54 Å². The molecule has 1 atom stereocenters. The third-order valence-electron chi connectivity index (χ3n) is 4.63. The lowest BCUT2D eigenvalue weighted by molar-refractivity contribution is -0.124. The minimum Gasteiger partial charge on any atom is -0.349 e. The Morgan fingerprint density at radius 2 is 2.03 bits per heavy atom. The predicted molar refractivity (Wildman–Crippen MR) is 116 cm³/mol.